The van der Waals surface area contributed by atoms with Gasteiger partial charge in [-0.3, -0.25) is 0 Å². The topological polar surface area (TPSA) is 6.48 Å². The van der Waals surface area contributed by atoms with Crippen LogP contribution in [-0.4, -0.2) is 35.0 Å². The van der Waals surface area contributed by atoms with Gasteiger partial charge in [-0.05, 0) is 23.6 Å². The minimum Gasteiger partial charge on any atom is -0.218 e. The van der Waals surface area contributed by atoms with Crippen LogP contribution in [0.2, 0.25) is 0 Å². The number of hydrogen-bond donors (Lipinski definition) is 0. The third-order valence-electron chi connectivity index (χ3n) is 1.17. The molecule has 0 aliphatic carbocycles. The van der Waals surface area contributed by atoms with Gasteiger partial charge in [0.25, 0.3) is 0 Å². The molecule has 0 saturated carbocycles. The van der Waals surface area contributed by atoms with Crippen molar-refractivity contribution in [1.29, 1.82) is 0 Å². The Bertz CT molecular complexity index is 60.4. The number of rotatable bonds is 0. The molecular weight excluding hydrogens is 147 g/mol. The van der Waals surface area contributed by atoms with E-state index in [0.717, 1.165) is 26.2 Å². The van der Waals surface area contributed by atoms with E-state index in [4.69, 9.17) is 23.6 Å². The molecule has 1 heterocycles. The summed E-state index contributed by atoms with van der Waals surface area (Å²) in [5.41, 5.74) is 0. The van der Waals surface area contributed by atoms with Crippen LogP contribution in [0.3, 0.4) is 0 Å². The Kier molecular flexibility index (Phi) is 2.38. The number of nitrogens with zero attached hydrogens (tertiary/aromatic N) is 2. The van der Waals surface area contributed by atoms with Crippen molar-refractivity contribution in [3.63, 3.8) is 0 Å². The third-order valence-corrected chi connectivity index (χ3v) is 1.85. The summed E-state index contributed by atoms with van der Waals surface area (Å²) in [6.07, 6.45) is 0. The fourth-order valence-corrected chi connectivity index (χ4v) is 0.960. The van der Waals surface area contributed by atoms with Crippen LogP contribution in [0, 0.1) is 0 Å². The monoisotopic (exact) mass is 154 g/mol. The van der Waals surface area contributed by atoms with Crippen LogP contribution in [0.25, 0.3) is 0 Å². The molecule has 1 saturated heterocycles. The molecule has 1 aliphatic heterocycles. The maximum atomic E-state index is 5.63. The zero-order chi connectivity index (χ0) is 5.98. The molecule has 48 valence electrons. The Hall–Kier alpha value is 0.500. The molecule has 0 aromatic carbocycles. The van der Waals surface area contributed by atoms with Crippen molar-refractivity contribution in [1.82, 2.24) is 8.84 Å². The van der Waals surface area contributed by atoms with Crippen LogP contribution >= 0.6 is 23.6 Å². The van der Waals surface area contributed by atoms with Crippen molar-refractivity contribution in [3.8, 4) is 0 Å². The fraction of sp³-hybridized carbons (Fsp3) is 1.00. The van der Waals surface area contributed by atoms with E-state index in [2.05, 4.69) is 0 Å². The summed E-state index contributed by atoms with van der Waals surface area (Å²) in [7, 11) is 0. The zero-order valence-electron chi connectivity index (χ0n) is 4.48. The maximum absolute atomic E-state index is 5.63. The first kappa shape index (κ1) is 6.62. The van der Waals surface area contributed by atoms with Gasteiger partial charge in [0.15, 0.2) is 0 Å². The lowest BCUT2D eigenvalue weighted by Gasteiger charge is -2.24. The predicted octanol–water partition coefficient (Wildman–Crippen LogP) is 0.912. The van der Waals surface area contributed by atoms with Crippen LogP contribution in [0.15, 0.2) is 0 Å². The average Bonchev–Trinajstić information content (AvgIpc) is 1.77. The Morgan fingerprint density at radius 1 is 0.750 bits per heavy atom. The van der Waals surface area contributed by atoms with E-state index in [1.54, 1.807) is 8.84 Å². The van der Waals surface area contributed by atoms with Crippen molar-refractivity contribution >= 4 is 23.6 Å². The summed E-state index contributed by atoms with van der Waals surface area (Å²) in [5.74, 6) is 0. The first-order chi connectivity index (χ1) is 3.79. The summed E-state index contributed by atoms with van der Waals surface area (Å²) in [5, 5.41) is 0. The summed E-state index contributed by atoms with van der Waals surface area (Å²) < 4.78 is 3.50. The Morgan fingerprint density at radius 2 is 1.00 bits per heavy atom. The van der Waals surface area contributed by atoms with Crippen molar-refractivity contribution in [2.75, 3.05) is 26.2 Å². The lowest BCUT2D eigenvalue weighted by atomic mass is 10.4. The summed E-state index contributed by atoms with van der Waals surface area (Å²) in [6, 6.07) is 0. The highest BCUT2D eigenvalue weighted by Crippen LogP contribution is 2.04. The molecule has 0 atom stereocenters. The minimum absolute atomic E-state index is 0.866. The lowest BCUT2D eigenvalue weighted by molar-refractivity contribution is 0.292. The molecule has 2 nitrogen and oxygen atoms in total. The molecule has 0 aromatic rings. The van der Waals surface area contributed by atoms with Crippen molar-refractivity contribution in [2.24, 2.45) is 0 Å². The molecule has 0 radical (unpaired) electrons. The van der Waals surface area contributed by atoms with Crippen molar-refractivity contribution in [2.45, 2.75) is 0 Å². The SMILES string of the molecule is ClN1CCN(Cl)CC1. The molecular formula is C4H8Cl2N2. The zero-order valence-corrected chi connectivity index (χ0v) is 5.99. The quantitative estimate of drug-likeness (QED) is 0.479. The van der Waals surface area contributed by atoms with Gasteiger partial charge in [0.2, 0.25) is 0 Å². The van der Waals surface area contributed by atoms with Gasteiger partial charge in [-0.15, -0.1) is 0 Å². The molecule has 0 amide bonds. The van der Waals surface area contributed by atoms with Crippen LogP contribution < -0.4 is 0 Å². The van der Waals surface area contributed by atoms with E-state index in [0.29, 0.717) is 0 Å². The predicted molar refractivity (Wildman–Crippen MR) is 34.9 cm³/mol. The molecule has 8 heavy (non-hydrogen) atoms. The number of halogens is 2. The van der Waals surface area contributed by atoms with E-state index in [1.165, 1.54) is 0 Å². The van der Waals surface area contributed by atoms with Crippen molar-refractivity contribution in [3.05, 3.63) is 0 Å². The Labute approximate surface area is 59.2 Å². The van der Waals surface area contributed by atoms with Gasteiger partial charge in [0, 0.05) is 26.2 Å². The molecule has 1 fully saturated rings. The average molecular weight is 155 g/mol. The second-order valence-electron chi connectivity index (χ2n) is 1.82. The van der Waals surface area contributed by atoms with Gasteiger partial charge in [-0.1, -0.05) is 0 Å². The molecule has 0 aromatic heterocycles. The maximum Gasteiger partial charge on any atom is 0.0280 e. The number of piperazine rings is 1. The van der Waals surface area contributed by atoms with Gasteiger partial charge in [-0.25, -0.2) is 8.84 Å². The first-order valence-electron chi connectivity index (χ1n) is 2.60. The van der Waals surface area contributed by atoms with Crippen LogP contribution in [-0.2, 0) is 0 Å². The molecule has 1 rings (SSSR count). The van der Waals surface area contributed by atoms with E-state index in [9.17, 15) is 0 Å². The second-order valence-corrected chi connectivity index (χ2v) is 2.78. The Morgan fingerprint density at radius 3 is 1.25 bits per heavy atom. The molecule has 0 spiro atoms. The highest BCUT2D eigenvalue weighted by molar-refractivity contribution is 6.14. The van der Waals surface area contributed by atoms with Gasteiger partial charge in [-0.2, -0.15) is 0 Å². The highest BCUT2D eigenvalue weighted by atomic mass is 35.5. The summed E-state index contributed by atoms with van der Waals surface area (Å²) >= 11 is 11.3. The molecule has 0 bridgehead atoms. The van der Waals surface area contributed by atoms with E-state index in [1.807, 2.05) is 0 Å². The van der Waals surface area contributed by atoms with Crippen LogP contribution in [0.4, 0.5) is 0 Å². The van der Waals surface area contributed by atoms with E-state index < -0.39 is 0 Å². The number of hydrogen-bond acceptors (Lipinski definition) is 2. The standard InChI is InChI=1S/C4H8Cl2N2/c5-7-1-2-8(6)4-3-7/h1-4H2. The van der Waals surface area contributed by atoms with E-state index >= 15 is 0 Å². The van der Waals surface area contributed by atoms with E-state index in [-0.39, 0.29) is 0 Å². The fourth-order valence-electron chi connectivity index (χ4n) is 0.658. The van der Waals surface area contributed by atoms with Gasteiger partial charge >= 0.3 is 0 Å². The van der Waals surface area contributed by atoms with Gasteiger partial charge in [0.05, 0.1) is 0 Å². The van der Waals surface area contributed by atoms with Gasteiger partial charge < -0.3 is 0 Å². The first-order valence-corrected chi connectivity index (χ1v) is 3.28. The normalized spacial score (nSPS) is 26.2. The molecule has 0 unspecified atom stereocenters. The van der Waals surface area contributed by atoms with Crippen LogP contribution in [0.1, 0.15) is 0 Å². The largest absolute Gasteiger partial charge is 0.218 e. The summed E-state index contributed by atoms with van der Waals surface area (Å²) in [6.45, 7) is 3.46. The third kappa shape index (κ3) is 1.78. The van der Waals surface area contributed by atoms with Crippen molar-refractivity contribution < 1.29 is 0 Å². The Balaban J connectivity index is 2.19. The molecule has 0 N–H and O–H groups in total. The highest BCUT2D eigenvalue weighted by Gasteiger charge is 2.11. The second kappa shape index (κ2) is 2.87. The van der Waals surface area contributed by atoms with Gasteiger partial charge in [0.1, 0.15) is 0 Å². The minimum atomic E-state index is 0.866. The lowest BCUT2D eigenvalue weighted by Crippen LogP contribution is -2.37. The smallest absolute Gasteiger partial charge is 0.0280 e. The van der Waals surface area contributed by atoms with Crippen LogP contribution in [0.5, 0.6) is 0 Å². The molecule has 4 heteroatoms. The summed E-state index contributed by atoms with van der Waals surface area (Å²) in [4.78, 5) is 0. The molecule has 1 aliphatic rings.